The molecule has 0 bridgehead atoms. The zero-order valence-corrected chi connectivity index (χ0v) is 22.1. The third-order valence-electron chi connectivity index (χ3n) is 9.19. The second kappa shape index (κ2) is 8.09. The zero-order valence-electron chi connectivity index (χ0n) is 21.2. The summed E-state index contributed by atoms with van der Waals surface area (Å²) in [5.74, 6) is 0. The quantitative estimate of drug-likeness (QED) is 0.264. The van der Waals surface area contributed by atoms with E-state index < -0.39 is 5.41 Å². The minimum absolute atomic E-state index is 0.297. The van der Waals surface area contributed by atoms with Crippen LogP contribution >= 0.6 is 12.6 Å². The maximum Gasteiger partial charge on any atom is 0.0705 e. The number of benzene rings is 4. The van der Waals surface area contributed by atoms with Crippen molar-refractivity contribution in [3.63, 3.8) is 0 Å². The van der Waals surface area contributed by atoms with E-state index in [1.807, 2.05) is 0 Å². The van der Waals surface area contributed by atoms with Crippen LogP contribution in [0, 0.1) is 0 Å². The molecule has 0 spiro atoms. The molecule has 1 heteroatoms. The SMILES string of the molecule is SC1=CC(C2(c3ccccc3)c3ccccc3C3(C4=CC=CCC4)c4ccccc4-c4cccc2c43)=CC1. The third kappa shape index (κ3) is 2.63. The van der Waals surface area contributed by atoms with E-state index in [1.165, 1.54) is 55.7 Å². The summed E-state index contributed by atoms with van der Waals surface area (Å²) in [5.41, 5.74) is 13.3. The molecule has 2 atom stereocenters. The summed E-state index contributed by atoms with van der Waals surface area (Å²) in [7, 11) is 0. The number of fused-ring (bicyclic) bond motifs is 5. The van der Waals surface area contributed by atoms with Crippen molar-refractivity contribution in [1.29, 1.82) is 0 Å². The summed E-state index contributed by atoms with van der Waals surface area (Å²) in [6.07, 6.45) is 14.7. The van der Waals surface area contributed by atoms with Gasteiger partial charge in [0, 0.05) is 0 Å². The van der Waals surface area contributed by atoms with Crippen molar-refractivity contribution in [2.45, 2.75) is 30.1 Å². The lowest BCUT2D eigenvalue weighted by atomic mass is 9.51. The highest BCUT2D eigenvalue weighted by molar-refractivity contribution is 7.84. The van der Waals surface area contributed by atoms with Gasteiger partial charge in [-0.3, -0.25) is 0 Å². The normalized spacial score (nSPS) is 24.2. The lowest BCUT2D eigenvalue weighted by Crippen LogP contribution is -2.45. The van der Waals surface area contributed by atoms with Crippen molar-refractivity contribution in [2.75, 3.05) is 0 Å². The number of thiol groups is 1. The fourth-order valence-corrected chi connectivity index (χ4v) is 8.14. The fourth-order valence-electron chi connectivity index (χ4n) is 7.91. The van der Waals surface area contributed by atoms with Crippen LogP contribution in [0.3, 0.4) is 0 Å². The van der Waals surface area contributed by atoms with Crippen LogP contribution in [-0.4, -0.2) is 0 Å². The van der Waals surface area contributed by atoms with Crippen molar-refractivity contribution in [3.05, 3.63) is 177 Å². The molecule has 4 aliphatic carbocycles. The first-order chi connectivity index (χ1) is 18.8. The van der Waals surface area contributed by atoms with Gasteiger partial charge >= 0.3 is 0 Å². The number of hydrogen-bond donors (Lipinski definition) is 1. The Labute approximate surface area is 230 Å². The fraction of sp³-hybridized carbons (Fsp3) is 0.135. The Balaban J connectivity index is 1.62. The van der Waals surface area contributed by atoms with Gasteiger partial charge in [-0.05, 0) is 80.3 Å². The first kappa shape index (κ1) is 22.2. The van der Waals surface area contributed by atoms with Crippen LogP contribution < -0.4 is 0 Å². The Morgan fingerprint density at radius 1 is 0.632 bits per heavy atom. The molecule has 4 aromatic carbocycles. The molecule has 4 aliphatic rings. The second-order valence-corrected chi connectivity index (χ2v) is 11.4. The molecular weight excluding hydrogens is 476 g/mol. The Kier molecular flexibility index (Phi) is 4.73. The molecule has 0 fully saturated rings. The van der Waals surface area contributed by atoms with Gasteiger partial charge in [0.1, 0.15) is 0 Å². The Hall–Kier alpha value is -3.81. The van der Waals surface area contributed by atoms with Gasteiger partial charge in [-0.1, -0.05) is 127 Å². The summed E-state index contributed by atoms with van der Waals surface area (Å²) in [6, 6.07) is 36.6. The van der Waals surface area contributed by atoms with Crippen LogP contribution in [0.4, 0.5) is 0 Å². The van der Waals surface area contributed by atoms with Crippen molar-refractivity contribution in [1.82, 2.24) is 0 Å². The van der Waals surface area contributed by atoms with Gasteiger partial charge in [0.2, 0.25) is 0 Å². The van der Waals surface area contributed by atoms with Gasteiger partial charge in [0.15, 0.2) is 0 Å². The molecule has 0 aromatic heterocycles. The summed E-state index contributed by atoms with van der Waals surface area (Å²) >= 11 is 4.84. The van der Waals surface area contributed by atoms with E-state index in [9.17, 15) is 0 Å². The molecule has 38 heavy (non-hydrogen) atoms. The predicted octanol–water partition coefficient (Wildman–Crippen LogP) is 9.07. The largest absolute Gasteiger partial charge is 0.148 e. The van der Waals surface area contributed by atoms with Gasteiger partial charge in [0.05, 0.1) is 10.8 Å². The van der Waals surface area contributed by atoms with Crippen LogP contribution in [0.2, 0.25) is 0 Å². The summed E-state index contributed by atoms with van der Waals surface area (Å²) in [6.45, 7) is 0. The highest BCUT2D eigenvalue weighted by Gasteiger charge is 2.58. The van der Waals surface area contributed by atoms with Crippen LogP contribution in [-0.2, 0) is 10.8 Å². The van der Waals surface area contributed by atoms with E-state index in [1.54, 1.807) is 0 Å². The Bertz CT molecular complexity index is 1750. The van der Waals surface area contributed by atoms with Crippen molar-refractivity contribution in [3.8, 4) is 11.1 Å². The molecule has 0 saturated carbocycles. The lowest BCUT2D eigenvalue weighted by molar-refractivity contribution is 0.600. The maximum absolute atomic E-state index is 4.84. The highest BCUT2D eigenvalue weighted by Crippen LogP contribution is 2.67. The van der Waals surface area contributed by atoms with Gasteiger partial charge in [-0.2, -0.15) is 0 Å². The molecule has 0 heterocycles. The highest BCUT2D eigenvalue weighted by atomic mass is 32.1. The molecule has 2 unspecified atom stereocenters. The topological polar surface area (TPSA) is 0 Å². The number of allylic oxidation sites excluding steroid dienone is 8. The van der Waals surface area contributed by atoms with Gasteiger partial charge in [0.25, 0.3) is 0 Å². The van der Waals surface area contributed by atoms with E-state index in [4.69, 9.17) is 12.6 Å². The molecule has 0 nitrogen and oxygen atoms in total. The van der Waals surface area contributed by atoms with Gasteiger partial charge < -0.3 is 0 Å². The average molecular weight is 505 g/mol. The Morgan fingerprint density at radius 3 is 2.05 bits per heavy atom. The maximum atomic E-state index is 4.84. The second-order valence-electron chi connectivity index (χ2n) is 10.8. The average Bonchev–Trinajstić information content (AvgIpc) is 3.55. The molecule has 4 aromatic rings. The van der Waals surface area contributed by atoms with E-state index in [0.29, 0.717) is 0 Å². The van der Waals surface area contributed by atoms with E-state index in [2.05, 4.69) is 127 Å². The molecule has 8 rings (SSSR count). The number of hydrogen-bond acceptors (Lipinski definition) is 1. The van der Waals surface area contributed by atoms with Crippen molar-refractivity contribution < 1.29 is 0 Å². The summed E-state index contributed by atoms with van der Waals surface area (Å²) in [5, 5.41) is 0. The van der Waals surface area contributed by atoms with Crippen molar-refractivity contribution in [2.24, 2.45) is 0 Å². The van der Waals surface area contributed by atoms with Gasteiger partial charge in [-0.15, -0.1) is 12.6 Å². The van der Waals surface area contributed by atoms with E-state index >= 15 is 0 Å². The molecule has 0 N–H and O–H groups in total. The smallest absolute Gasteiger partial charge is 0.0705 e. The zero-order chi connectivity index (χ0) is 25.3. The van der Waals surface area contributed by atoms with Gasteiger partial charge in [-0.25, -0.2) is 0 Å². The standard InChI is InChI=1S/C37H28S/c38-28-23-22-27(24-28)36(25-12-3-1-4-13-25)32-19-9-10-20-33(32)37(26-14-5-2-6-15-26)31-18-8-7-16-29(31)30-17-11-21-34(36)35(30)37/h1-5,7-14,16-22,24,38H,6,15,23H2. The summed E-state index contributed by atoms with van der Waals surface area (Å²) in [4.78, 5) is 1.13. The predicted molar refractivity (Wildman–Crippen MR) is 161 cm³/mol. The first-order valence-electron chi connectivity index (χ1n) is 13.6. The van der Waals surface area contributed by atoms with E-state index in [-0.39, 0.29) is 5.41 Å². The molecule has 0 radical (unpaired) electrons. The minimum Gasteiger partial charge on any atom is -0.148 e. The third-order valence-corrected chi connectivity index (χ3v) is 9.50. The molecule has 182 valence electrons. The minimum atomic E-state index is -0.412. The van der Waals surface area contributed by atoms with Crippen LogP contribution in [0.5, 0.6) is 0 Å². The van der Waals surface area contributed by atoms with E-state index in [0.717, 1.165) is 24.2 Å². The van der Waals surface area contributed by atoms with Crippen molar-refractivity contribution >= 4 is 12.6 Å². The molecular formula is C37H28S. The monoisotopic (exact) mass is 504 g/mol. The van der Waals surface area contributed by atoms with Crippen LogP contribution in [0.1, 0.15) is 52.6 Å². The molecule has 0 aliphatic heterocycles. The number of rotatable bonds is 3. The molecule has 0 saturated heterocycles. The lowest BCUT2D eigenvalue weighted by Gasteiger charge is -2.50. The first-order valence-corrected chi connectivity index (χ1v) is 14.1. The van der Waals surface area contributed by atoms with Crippen LogP contribution in [0.25, 0.3) is 11.1 Å². The summed E-state index contributed by atoms with van der Waals surface area (Å²) < 4.78 is 0. The van der Waals surface area contributed by atoms with Crippen LogP contribution in [0.15, 0.2) is 143 Å². The molecule has 0 amide bonds. The Morgan fingerprint density at radius 2 is 1.32 bits per heavy atom.